The Morgan fingerprint density at radius 1 is 1.10 bits per heavy atom. The van der Waals surface area contributed by atoms with Crippen molar-refractivity contribution in [1.29, 1.82) is 0 Å². The van der Waals surface area contributed by atoms with E-state index in [0.717, 1.165) is 21.3 Å². The van der Waals surface area contributed by atoms with Crippen molar-refractivity contribution in [1.82, 2.24) is 0 Å². The zero-order valence-electron chi connectivity index (χ0n) is 15.8. The van der Waals surface area contributed by atoms with E-state index in [9.17, 15) is 23.3 Å². The third kappa shape index (κ3) is 6.17. The van der Waals surface area contributed by atoms with Crippen LogP contribution < -0.4 is 10.2 Å². The van der Waals surface area contributed by atoms with Crippen molar-refractivity contribution in [2.24, 2.45) is 5.10 Å². The van der Waals surface area contributed by atoms with E-state index in [0.29, 0.717) is 24.0 Å². The Labute approximate surface area is 189 Å². The standard InChI is InChI=1S/C21H15F3IN3O3/c22-21(23,24)16-7-10-18(19(11-16)28(29)30)27-26-12-15-3-1-2-4-20(15)31-13-14-5-8-17(25)9-6-14/h1-12,27H,13H2/b26-12-. The van der Waals surface area contributed by atoms with E-state index in [-0.39, 0.29) is 5.69 Å². The topological polar surface area (TPSA) is 76.8 Å². The van der Waals surface area contributed by atoms with Crippen LogP contribution in [0.2, 0.25) is 0 Å². The van der Waals surface area contributed by atoms with Gasteiger partial charge < -0.3 is 4.74 Å². The van der Waals surface area contributed by atoms with Gasteiger partial charge in [0.25, 0.3) is 5.69 Å². The predicted octanol–water partition coefficient (Wildman–Crippen LogP) is 6.24. The number of alkyl halides is 3. The van der Waals surface area contributed by atoms with Gasteiger partial charge in [0, 0.05) is 15.2 Å². The van der Waals surface area contributed by atoms with Crippen molar-refractivity contribution >= 4 is 40.2 Å². The highest BCUT2D eigenvalue weighted by Gasteiger charge is 2.33. The Morgan fingerprint density at radius 2 is 1.81 bits per heavy atom. The molecule has 3 rings (SSSR count). The Morgan fingerprint density at radius 3 is 2.48 bits per heavy atom. The molecular formula is C21H15F3IN3O3. The summed E-state index contributed by atoms with van der Waals surface area (Å²) in [7, 11) is 0. The van der Waals surface area contributed by atoms with Gasteiger partial charge in [0.15, 0.2) is 0 Å². The van der Waals surface area contributed by atoms with Gasteiger partial charge in [-0.1, -0.05) is 24.3 Å². The molecule has 31 heavy (non-hydrogen) atoms. The van der Waals surface area contributed by atoms with Crippen LogP contribution in [0, 0.1) is 13.7 Å². The average molecular weight is 541 g/mol. The Bertz CT molecular complexity index is 1100. The number of benzene rings is 3. The Hall–Kier alpha value is -3.15. The summed E-state index contributed by atoms with van der Waals surface area (Å²) < 4.78 is 45.4. The van der Waals surface area contributed by atoms with Crippen molar-refractivity contribution < 1.29 is 22.8 Å². The third-order valence-electron chi connectivity index (χ3n) is 4.14. The van der Waals surface area contributed by atoms with Gasteiger partial charge in [-0.05, 0) is 64.6 Å². The summed E-state index contributed by atoms with van der Waals surface area (Å²) in [5.41, 5.74) is 2.01. The number of rotatable bonds is 7. The monoisotopic (exact) mass is 541 g/mol. The maximum Gasteiger partial charge on any atom is 0.416 e. The van der Waals surface area contributed by atoms with Crippen LogP contribution in [-0.4, -0.2) is 11.1 Å². The van der Waals surface area contributed by atoms with E-state index in [1.54, 1.807) is 24.3 Å². The molecule has 0 atom stereocenters. The van der Waals surface area contributed by atoms with E-state index in [1.807, 2.05) is 24.3 Å². The van der Waals surface area contributed by atoms with Crippen molar-refractivity contribution in [2.45, 2.75) is 12.8 Å². The van der Waals surface area contributed by atoms with Crippen LogP contribution in [0.15, 0.2) is 71.8 Å². The lowest BCUT2D eigenvalue weighted by atomic mass is 10.1. The first kappa shape index (κ1) is 22.5. The van der Waals surface area contributed by atoms with Gasteiger partial charge in [0.2, 0.25) is 0 Å². The summed E-state index contributed by atoms with van der Waals surface area (Å²) in [4.78, 5) is 10.3. The first-order valence-corrected chi connectivity index (χ1v) is 9.93. The molecule has 3 aromatic rings. The molecule has 0 unspecified atom stereocenters. The van der Waals surface area contributed by atoms with Crippen LogP contribution in [0.5, 0.6) is 5.75 Å². The summed E-state index contributed by atoms with van der Waals surface area (Å²) in [5, 5.41) is 15.1. The molecule has 10 heteroatoms. The van der Waals surface area contributed by atoms with Crippen LogP contribution in [0.25, 0.3) is 0 Å². The van der Waals surface area contributed by atoms with Crippen LogP contribution in [0.1, 0.15) is 16.7 Å². The molecule has 0 fully saturated rings. The lowest BCUT2D eigenvalue weighted by Gasteiger charge is -2.10. The van der Waals surface area contributed by atoms with Gasteiger partial charge in [-0.3, -0.25) is 15.5 Å². The number of hydrogen-bond donors (Lipinski definition) is 1. The number of nitro benzene ring substituents is 1. The maximum absolute atomic E-state index is 12.8. The summed E-state index contributed by atoms with van der Waals surface area (Å²) in [6.07, 6.45) is -3.30. The Kier molecular flexibility index (Phi) is 7.10. The highest BCUT2D eigenvalue weighted by molar-refractivity contribution is 14.1. The fourth-order valence-electron chi connectivity index (χ4n) is 2.59. The minimum absolute atomic E-state index is 0.161. The quantitative estimate of drug-likeness (QED) is 0.166. The number of nitro groups is 1. The first-order chi connectivity index (χ1) is 14.7. The minimum Gasteiger partial charge on any atom is -0.488 e. The van der Waals surface area contributed by atoms with Gasteiger partial charge in [-0.25, -0.2) is 0 Å². The first-order valence-electron chi connectivity index (χ1n) is 8.85. The fourth-order valence-corrected chi connectivity index (χ4v) is 2.94. The number of ether oxygens (including phenoxy) is 1. The maximum atomic E-state index is 12.8. The second-order valence-corrected chi connectivity index (χ2v) is 7.56. The second-order valence-electron chi connectivity index (χ2n) is 6.31. The molecule has 0 aliphatic heterocycles. The van der Waals surface area contributed by atoms with E-state index in [4.69, 9.17) is 4.74 Å². The van der Waals surface area contributed by atoms with Gasteiger partial charge in [-0.15, -0.1) is 0 Å². The molecule has 160 valence electrons. The molecule has 0 saturated carbocycles. The molecule has 6 nitrogen and oxygen atoms in total. The van der Waals surface area contributed by atoms with Crippen molar-refractivity contribution in [3.05, 3.63) is 97.1 Å². The van der Waals surface area contributed by atoms with Gasteiger partial charge in [0.05, 0.1) is 16.7 Å². The zero-order chi connectivity index (χ0) is 22.4. The normalized spacial score (nSPS) is 11.5. The number of nitrogens with zero attached hydrogens (tertiary/aromatic N) is 2. The molecular weight excluding hydrogens is 526 g/mol. The molecule has 0 aliphatic rings. The number of hydrogen-bond acceptors (Lipinski definition) is 5. The molecule has 3 aromatic carbocycles. The number of anilines is 1. The summed E-state index contributed by atoms with van der Waals surface area (Å²) in [6, 6.07) is 17.0. The van der Waals surface area contributed by atoms with Crippen LogP contribution in [0.4, 0.5) is 24.5 Å². The molecule has 0 amide bonds. The highest BCUT2D eigenvalue weighted by atomic mass is 127. The SMILES string of the molecule is O=[N+]([O-])c1cc(C(F)(F)F)ccc1N/N=C\c1ccccc1OCc1ccc(I)cc1. The molecule has 0 saturated heterocycles. The fraction of sp³-hybridized carbons (Fsp3) is 0.0952. The molecule has 0 aliphatic carbocycles. The lowest BCUT2D eigenvalue weighted by molar-refractivity contribution is -0.384. The Balaban J connectivity index is 1.74. The second kappa shape index (κ2) is 9.77. The minimum atomic E-state index is -4.68. The molecule has 0 aromatic heterocycles. The van der Waals surface area contributed by atoms with Crippen molar-refractivity contribution in [3.63, 3.8) is 0 Å². The number of hydrazone groups is 1. The van der Waals surface area contributed by atoms with Crippen molar-refractivity contribution in [2.75, 3.05) is 5.43 Å². The molecule has 1 N–H and O–H groups in total. The van der Waals surface area contributed by atoms with Crippen LogP contribution in [-0.2, 0) is 12.8 Å². The number of halogens is 4. The van der Waals surface area contributed by atoms with E-state index in [2.05, 4.69) is 33.1 Å². The zero-order valence-corrected chi connectivity index (χ0v) is 17.9. The molecule has 0 heterocycles. The number of nitrogens with one attached hydrogen (secondary N) is 1. The average Bonchev–Trinajstić information content (AvgIpc) is 2.73. The highest BCUT2D eigenvalue weighted by Crippen LogP contribution is 2.35. The van der Waals surface area contributed by atoms with Gasteiger partial charge in [-0.2, -0.15) is 18.3 Å². The van der Waals surface area contributed by atoms with Gasteiger partial charge >= 0.3 is 6.18 Å². The summed E-state index contributed by atoms with van der Waals surface area (Å²) >= 11 is 2.21. The van der Waals surface area contributed by atoms with E-state index < -0.39 is 22.4 Å². The largest absolute Gasteiger partial charge is 0.488 e. The molecule has 0 spiro atoms. The summed E-state index contributed by atoms with van der Waals surface area (Å²) in [5.74, 6) is 0.536. The molecule has 0 bridgehead atoms. The molecule has 0 radical (unpaired) electrons. The van der Waals surface area contributed by atoms with Crippen LogP contribution in [0.3, 0.4) is 0 Å². The third-order valence-corrected chi connectivity index (χ3v) is 4.86. The van der Waals surface area contributed by atoms with Crippen LogP contribution >= 0.6 is 22.6 Å². The van der Waals surface area contributed by atoms with E-state index >= 15 is 0 Å². The number of para-hydroxylation sites is 1. The summed E-state index contributed by atoms with van der Waals surface area (Å²) in [6.45, 7) is 0.333. The van der Waals surface area contributed by atoms with E-state index in [1.165, 1.54) is 6.21 Å². The smallest absolute Gasteiger partial charge is 0.416 e. The van der Waals surface area contributed by atoms with Crippen molar-refractivity contribution in [3.8, 4) is 5.75 Å². The van der Waals surface area contributed by atoms with Gasteiger partial charge in [0.1, 0.15) is 18.0 Å². The lowest BCUT2D eigenvalue weighted by Crippen LogP contribution is -2.06. The predicted molar refractivity (Wildman–Crippen MR) is 119 cm³/mol.